The van der Waals surface area contributed by atoms with Crippen molar-refractivity contribution in [2.24, 2.45) is 0 Å². The molecule has 2 amide bonds. The van der Waals surface area contributed by atoms with Crippen molar-refractivity contribution in [3.63, 3.8) is 0 Å². The minimum absolute atomic E-state index is 0.261. The van der Waals surface area contributed by atoms with Crippen molar-refractivity contribution < 1.29 is 23.5 Å². The number of aromatic nitrogens is 3. The molecule has 4 aromatic rings. The average Bonchev–Trinajstić information content (AvgIpc) is 3.50. The molecule has 43 heavy (non-hydrogen) atoms. The van der Waals surface area contributed by atoms with Crippen LogP contribution >= 0.6 is 0 Å². The number of hydrogen-bond acceptors (Lipinski definition) is 8. The first-order valence-electron chi connectivity index (χ1n) is 14.1. The molecule has 1 atom stereocenters. The van der Waals surface area contributed by atoms with E-state index in [2.05, 4.69) is 28.3 Å². The number of hydrogen-bond donors (Lipinski definition) is 1. The molecule has 1 aromatic carbocycles. The Morgan fingerprint density at radius 3 is 2.65 bits per heavy atom. The van der Waals surface area contributed by atoms with Crippen molar-refractivity contribution in [3.05, 3.63) is 83.1 Å². The quantitative estimate of drug-likeness (QED) is 0.312. The minimum Gasteiger partial charge on any atom is -0.443 e. The standard InChI is InChI=1S/C32H31FN6O4/c1-31(2,3)43-30(41)39-28(37-25-9-8-22(23(17-34)36-25)32(4)11-14-42-15-12-32)27-20(6-5-7-21(27)29(39)40)24-18-35-26-16-19(33)10-13-38(24)26/h5-10,13,16,18,28H,11-12,14-15H2,1-4H3,(H,36,37). The smallest absolute Gasteiger partial charge is 0.419 e. The van der Waals surface area contributed by atoms with Crippen molar-refractivity contribution in [2.45, 2.75) is 57.7 Å². The van der Waals surface area contributed by atoms with Gasteiger partial charge in [0.2, 0.25) is 0 Å². The molecule has 11 heteroatoms. The molecular weight excluding hydrogens is 551 g/mol. The molecule has 2 aliphatic rings. The minimum atomic E-state index is -1.02. The van der Waals surface area contributed by atoms with E-state index in [4.69, 9.17) is 9.47 Å². The van der Waals surface area contributed by atoms with Gasteiger partial charge in [0.25, 0.3) is 5.91 Å². The lowest BCUT2D eigenvalue weighted by molar-refractivity contribution is 0.0208. The Labute approximate surface area is 248 Å². The van der Waals surface area contributed by atoms with Gasteiger partial charge in [-0.3, -0.25) is 9.20 Å². The zero-order valence-corrected chi connectivity index (χ0v) is 24.3. The van der Waals surface area contributed by atoms with Crippen LogP contribution in [-0.4, -0.2) is 50.1 Å². The van der Waals surface area contributed by atoms with Gasteiger partial charge in [-0.05, 0) is 62.8 Å². The highest BCUT2D eigenvalue weighted by molar-refractivity contribution is 6.09. The fraction of sp³-hybridized carbons (Fsp3) is 0.344. The highest BCUT2D eigenvalue weighted by Gasteiger charge is 2.45. The van der Waals surface area contributed by atoms with E-state index in [1.54, 1.807) is 55.8 Å². The molecule has 1 N–H and O–H groups in total. The van der Waals surface area contributed by atoms with Gasteiger partial charge >= 0.3 is 6.09 Å². The summed E-state index contributed by atoms with van der Waals surface area (Å²) in [6, 6.07) is 13.7. The van der Waals surface area contributed by atoms with Crippen LogP contribution in [0, 0.1) is 17.1 Å². The molecular formula is C32H31FN6O4. The number of rotatable bonds is 4. The SMILES string of the molecule is CC(C)(C)OC(=O)N1C(=O)c2cccc(-c3cnc4cc(F)ccn34)c2C1Nc1ccc(C2(C)CCOCC2)c(C#N)n1. The predicted molar refractivity (Wildman–Crippen MR) is 156 cm³/mol. The third kappa shape index (κ3) is 5.08. The molecule has 0 spiro atoms. The van der Waals surface area contributed by atoms with E-state index >= 15 is 0 Å². The Hall–Kier alpha value is -4.82. The molecule has 5 heterocycles. The first kappa shape index (κ1) is 28.3. The summed E-state index contributed by atoms with van der Waals surface area (Å²) in [5.74, 6) is -0.660. The van der Waals surface area contributed by atoms with E-state index in [1.807, 2.05) is 12.1 Å². The monoisotopic (exact) mass is 582 g/mol. The van der Waals surface area contributed by atoms with Gasteiger partial charge in [0.05, 0.1) is 11.9 Å². The average molecular weight is 583 g/mol. The summed E-state index contributed by atoms with van der Waals surface area (Å²) in [6.45, 7) is 8.48. The van der Waals surface area contributed by atoms with Crippen LogP contribution in [0.1, 0.15) is 73.9 Å². The van der Waals surface area contributed by atoms with Gasteiger partial charge in [0.15, 0.2) is 0 Å². The molecule has 1 saturated heterocycles. The number of pyridine rings is 2. The maximum atomic E-state index is 13.9. The zero-order valence-electron chi connectivity index (χ0n) is 24.3. The first-order valence-corrected chi connectivity index (χ1v) is 14.1. The molecule has 0 radical (unpaired) electrons. The molecule has 0 bridgehead atoms. The van der Waals surface area contributed by atoms with Crippen molar-refractivity contribution in [1.82, 2.24) is 19.3 Å². The second-order valence-electron chi connectivity index (χ2n) is 12.1. The Morgan fingerprint density at radius 2 is 1.93 bits per heavy atom. The summed E-state index contributed by atoms with van der Waals surface area (Å²) in [5.41, 5.74) is 2.37. The number of halogens is 1. The summed E-state index contributed by atoms with van der Waals surface area (Å²) < 4.78 is 26.8. The number of carbonyl (C=O) groups is 2. The van der Waals surface area contributed by atoms with Crippen LogP contribution in [0.3, 0.4) is 0 Å². The third-order valence-corrected chi connectivity index (χ3v) is 7.96. The number of imidazole rings is 1. The summed E-state index contributed by atoms with van der Waals surface area (Å²) in [6.07, 6.45) is 2.83. The van der Waals surface area contributed by atoms with Crippen LogP contribution in [0.4, 0.5) is 15.0 Å². The van der Waals surface area contributed by atoms with Gasteiger partial charge in [-0.25, -0.2) is 24.1 Å². The number of anilines is 1. The molecule has 220 valence electrons. The fourth-order valence-electron chi connectivity index (χ4n) is 5.78. The predicted octanol–water partition coefficient (Wildman–Crippen LogP) is 5.98. The largest absolute Gasteiger partial charge is 0.443 e. The van der Waals surface area contributed by atoms with Crippen molar-refractivity contribution in [3.8, 4) is 17.3 Å². The molecule has 2 aliphatic heterocycles. The number of amides is 2. The first-order chi connectivity index (χ1) is 20.5. The van der Waals surface area contributed by atoms with Gasteiger partial charge in [0.1, 0.15) is 40.8 Å². The number of imide groups is 1. The van der Waals surface area contributed by atoms with E-state index in [0.717, 1.165) is 23.3 Å². The normalized spacial score (nSPS) is 17.9. The number of ether oxygens (including phenoxy) is 2. The Balaban J connectivity index is 1.47. The summed E-state index contributed by atoms with van der Waals surface area (Å²) in [7, 11) is 0. The van der Waals surface area contributed by atoms with Gasteiger partial charge in [-0.2, -0.15) is 5.26 Å². The molecule has 0 saturated carbocycles. The van der Waals surface area contributed by atoms with Crippen LogP contribution in [0.2, 0.25) is 0 Å². The van der Waals surface area contributed by atoms with E-state index < -0.39 is 29.6 Å². The number of nitriles is 1. The van der Waals surface area contributed by atoms with Crippen LogP contribution in [0.15, 0.2) is 54.9 Å². The Bertz CT molecular complexity index is 1800. The second kappa shape index (κ2) is 10.5. The fourth-order valence-corrected chi connectivity index (χ4v) is 5.78. The van der Waals surface area contributed by atoms with E-state index in [1.165, 1.54) is 12.1 Å². The van der Waals surface area contributed by atoms with Crippen LogP contribution in [-0.2, 0) is 14.9 Å². The lowest BCUT2D eigenvalue weighted by Gasteiger charge is -2.34. The summed E-state index contributed by atoms with van der Waals surface area (Å²) >= 11 is 0. The Morgan fingerprint density at radius 1 is 1.19 bits per heavy atom. The maximum Gasteiger partial charge on any atom is 0.419 e. The summed E-state index contributed by atoms with van der Waals surface area (Å²) in [4.78, 5) is 37.3. The maximum absolute atomic E-state index is 13.9. The second-order valence-corrected chi connectivity index (χ2v) is 12.1. The van der Waals surface area contributed by atoms with Crippen LogP contribution in [0.5, 0.6) is 0 Å². The lowest BCUT2D eigenvalue weighted by atomic mass is 9.75. The summed E-state index contributed by atoms with van der Waals surface area (Å²) in [5, 5.41) is 13.3. The number of carbonyl (C=O) groups excluding carboxylic acids is 2. The molecule has 1 unspecified atom stereocenters. The number of fused-ring (bicyclic) bond motifs is 2. The molecule has 0 aliphatic carbocycles. The number of benzene rings is 1. The van der Waals surface area contributed by atoms with Gasteiger partial charge in [-0.15, -0.1) is 0 Å². The van der Waals surface area contributed by atoms with Gasteiger partial charge in [-0.1, -0.05) is 25.1 Å². The highest BCUT2D eigenvalue weighted by Crippen LogP contribution is 2.42. The van der Waals surface area contributed by atoms with Crippen LogP contribution in [0.25, 0.3) is 16.9 Å². The van der Waals surface area contributed by atoms with Gasteiger partial charge < -0.3 is 14.8 Å². The number of nitrogens with zero attached hydrogens (tertiary/aromatic N) is 5. The Kier molecular flexibility index (Phi) is 6.89. The van der Waals surface area contributed by atoms with Crippen molar-refractivity contribution >= 4 is 23.5 Å². The molecule has 3 aromatic heterocycles. The molecule has 1 fully saturated rings. The van der Waals surface area contributed by atoms with Gasteiger partial charge in [0, 0.05) is 42.2 Å². The lowest BCUT2D eigenvalue weighted by Crippen LogP contribution is -2.41. The number of nitrogens with one attached hydrogen (secondary N) is 1. The van der Waals surface area contributed by atoms with E-state index in [0.29, 0.717) is 47.1 Å². The van der Waals surface area contributed by atoms with Crippen molar-refractivity contribution in [2.75, 3.05) is 18.5 Å². The molecule has 6 rings (SSSR count). The van der Waals surface area contributed by atoms with E-state index in [9.17, 15) is 19.2 Å². The zero-order chi connectivity index (χ0) is 30.5. The van der Waals surface area contributed by atoms with Crippen molar-refractivity contribution in [1.29, 1.82) is 5.26 Å². The highest BCUT2D eigenvalue weighted by atomic mass is 19.1. The molecule has 10 nitrogen and oxygen atoms in total. The van der Waals surface area contributed by atoms with Crippen LogP contribution < -0.4 is 5.32 Å². The third-order valence-electron chi connectivity index (χ3n) is 7.96. The van der Waals surface area contributed by atoms with E-state index in [-0.39, 0.29) is 11.1 Å². The topological polar surface area (TPSA) is 122 Å².